The molecule has 0 fully saturated rings. The van der Waals surface area contributed by atoms with Crippen LogP contribution in [0.5, 0.6) is 5.75 Å². The van der Waals surface area contributed by atoms with E-state index in [1.54, 1.807) is 12.1 Å². The van der Waals surface area contributed by atoms with Gasteiger partial charge in [-0.2, -0.15) is 22.0 Å². The maximum Gasteiger partial charge on any atom is 0.416 e. The van der Waals surface area contributed by atoms with Gasteiger partial charge in [-0.25, -0.2) is 0 Å². The van der Waals surface area contributed by atoms with Crippen molar-refractivity contribution in [3.8, 4) is 5.75 Å². The van der Waals surface area contributed by atoms with Gasteiger partial charge in [0.15, 0.2) is 0 Å². The van der Waals surface area contributed by atoms with Crippen molar-refractivity contribution in [3.05, 3.63) is 65.0 Å². The standard InChI is InChI=1S/C17H12F5N3O.C6H14.C2H6/c18-16(19)26-14-7-9(17(20,21)22)1-2-11(14)15-10-3-5-24-8-12(10)13(23)4-6-25-15;1-4-6(3)5-2;1-2/h1-5,7-8,16H,6,23H2;6H,4-5H2,1-3H3;1-2H3. The number of aromatic nitrogens is 1. The number of rotatable bonds is 5. The summed E-state index contributed by atoms with van der Waals surface area (Å²) in [5.74, 6) is 0.321. The van der Waals surface area contributed by atoms with Crippen molar-refractivity contribution in [2.45, 2.75) is 60.2 Å². The molecule has 188 valence electrons. The molecule has 0 atom stereocenters. The first-order valence-electron chi connectivity index (χ1n) is 11.2. The number of nitrogens with zero attached hydrogens (tertiary/aromatic N) is 2. The number of halogens is 5. The van der Waals surface area contributed by atoms with E-state index in [0.717, 1.165) is 18.1 Å². The quantitative estimate of drug-likeness (QED) is 0.451. The van der Waals surface area contributed by atoms with Gasteiger partial charge in [0.2, 0.25) is 0 Å². The number of hydrogen-bond acceptors (Lipinski definition) is 4. The van der Waals surface area contributed by atoms with Gasteiger partial charge in [-0.1, -0.05) is 47.5 Å². The fourth-order valence-corrected chi connectivity index (χ4v) is 2.87. The fraction of sp³-hybridized carbons (Fsp3) is 0.440. The number of ether oxygens (including phenoxy) is 1. The molecule has 0 amide bonds. The Labute approximate surface area is 197 Å². The Morgan fingerprint density at radius 1 is 1.03 bits per heavy atom. The van der Waals surface area contributed by atoms with Gasteiger partial charge in [0.1, 0.15) is 5.75 Å². The maximum absolute atomic E-state index is 12.9. The molecule has 0 saturated carbocycles. The second-order valence-electron chi connectivity index (χ2n) is 7.28. The molecule has 3 rings (SSSR count). The summed E-state index contributed by atoms with van der Waals surface area (Å²) in [5, 5.41) is 0. The number of benzene rings is 1. The van der Waals surface area contributed by atoms with Crippen molar-refractivity contribution in [1.82, 2.24) is 4.98 Å². The first kappa shape index (κ1) is 29.1. The first-order chi connectivity index (χ1) is 16.1. The van der Waals surface area contributed by atoms with E-state index in [1.807, 2.05) is 13.8 Å². The van der Waals surface area contributed by atoms with E-state index in [9.17, 15) is 22.0 Å². The van der Waals surface area contributed by atoms with Gasteiger partial charge in [0.25, 0.3) is 0 Å². The molecule has 9 heteroatoms. The molecule has 2 N–H and O–H groups in total. The average Bonchev–Trinajstić information content (AvgIpc) is 2.98. The zero-order valence-corrected chi connectivity index (χ0v) is 20.1. The van der Waals surface area contributed by atoms with Crippen molar-refractivity contribution < 1.29 is 26.7 Å². The third-order valence-electron chi connectivity index (χ3n) is 5.12. The molecule has 2 heterocycles. The lowest BCUT2D eigenvalue weighted by Crippen LogP contribution is -2.14. The largest absolute Gasteiger partial charge is 0.434 e. The highest BCUT2D eigenvalue weighted by atomic mass is 19.4. The zero-order chi connectivity index (χ0) is 25.9. The average molecular weight is 486 g/mol. The van der Waals surface area contributed by atoms with E-state index in [-0.39, 0.29) is 17.8 Å². The van der Waals surface area contributed by atoms with Crippen molar-refractivity contribution in [2.75, 3.05) is 6.54 Å². The van der Waals surface area contributed by atoms with E-state index in [0.29, 0.717) is 22.9 Å². The lowest BCUT2D eigenvalue weighted by molar-refractivity contribution is -0.138. The number of pyridine rings is 1. The van der Waals surface area contributed by atoms with Crippen LogP contribution in [0.25, 0.3) is 5.70 Å². The Morgan fingerprint density at radius 2 is 1.68 bits per heavy atom. The summed E-state index contributed by atoms with van der Waals surface area (Å²) < 4.78 is 68.6. The molecule has 2 aromatic rings. The predicted molar refractivity (Wildman–Crippen MR) is 126 cm³/mol. The Morgan fingerprint density at radius 3 is 2.21 bits per heavy atom. The third kappa shape index (κ3) is 8.11. The Kier molecular flexibility index (Phi) is 11.7. The Hall–Kier alpha value is -2.97. The maximum atomic E-state index is 12.9. The molecule has 0 radical (unpaired) electrons. The van der Waals surface area contributed by atoms with E-state index in [2.05, 4.69) is 35.5 Å². The molecule has 0 spiro atoms. The van der Waals surface area contributed by atoms with Crippen molar-refractivity contribution in [2.24, 2.45) is 16.6 Å². The number of fused-ring (bicyclic) bond motifs is 1. The summed E-state index contributed by atoms with van der Waals surface area (Å²) in [6.45, 7) is 7.58. The van der Waals surface area contributed by atoms with E-state index < -0.39 is 24.1 Å². The fourth-order valence-electron chi connectivity index (χ4n) is 2.87. The molecule has 34 heavy (non-hydrogen) atoms. The van der Waals surface area contributed by atoms with Crippen LogP contribution in [0, 0.1) is 5.92 Å². The minimum atomic E-state index is -4.70. The normalized spacial score (nSPS) is 12.9. The van der Waals surface area contributed by atoms with Crippen LogP contribution < -0.4 is 10.5 Å². The summed E-state index contributed by atoms with van der Waals surface area (Å²) in [7, 11) is 0. The van der Waals surface area contributed by atoms with Crippen LogP contribution in [0.15, 0.2) is 47.7 Å². The van der Waals surface area contributed by atoms with Gasteiger partial charge in [-0.3, -0.25) is 9.98 Å². The van der Waals surface area contributed by atoms with Crippen LogP contribution in [0.4, 0.5) is 22.0 Å². The Balaban J connectivity index is 0.000000631. The SMILES string of the molecule is CC.CCC(C)CC.NC1=CCN=C(c2ccc(C(F)(F)F)cc2OC(F)F)c2ccncc21. The topological polar surface area (TPSA) is 60.5 Å². The second-order valence-corrected chi connectivity index (χ2v) is 7.28. The third-order valence-corrected chi connectivity index (χ3v) is 5.12. The second kappa shape index (κ2) is 13.7. The highest BCUT2D eigenvalue weighted by Gasteiger charge is 2.32. The van der Waals surface area contributed by atoms with Gasteiger partial charge >= 0.3 is 12.8 Å². The number of alkyl halides is 5. The molecule has 0 unspecified atom stereocenters. The lowest BCUT2D eigenvalue weighted by Gasteiger charge is -2.16. The van der Waals surface area contributed by atoms with Crippen LogP contribution in [-0.4, -0.2) is 23.9 Å². The predicted octanol–water partition coefficient (Wildman–Crippen LogP) is 7.32. The van der Waals surface area contributed by atoms with E-state index in [4.69, 9.17) is 5.73 Å². The minimum absolute atomic E-state index is 0.00819. The molecular weight excluding hydrogens is 453 g/mol. The molecule has 4 nitrogen and oxygen atoms in total. The van der Waals surface area contributed by atoms with E-state index in [1.165, 1.54) is 25.2 Å². The van der Waals surface area contributed by atoms with Gasteiger partial charge in [0, 0.05) is 34.8 Å². The van der Waals surface area contributed by atoms with Crippen molar-refractivity contribution >= 4 is 11.4 Å². The van der Waals surface area contributed by atoms with Gasteiger partial charge in [0.05, 0.1) is 17.8 Å². The number of aliphatic imine (C=N–C) groups is 1. The number of nitrogens with two attached hydrogens (primary N) is 1. The molecule has 0 bridgehead atoms. The van der Waals surface area contributed by atoms with Crippen LogP contribution in [-0.2, 0) is 6.18 Å². The van der Waals surface area contributed by atoms with Gasteiger partial charge in [-0.15, -0.1) is 0 Å². The van der Waals surface area contributed by atoms with Crippen molar-refractivity contribution in [3.63, 3.8) is 0 Å². The molecule has 1 aliphatic rings. The first-order valence-corrected chi connectivity index (χ1v) is 11.2. The molecule has 0 saturated heterocycles. The summed E-state index contributed by atoms with van der Waals surface area (Å²) in [5.41, 5.74) is 6.40. The molecule has 1 aliphatic heterocycles. The number of hydrogen-bond donors (Lipinski definition) is 1. The Bertz CT molecular complexity index is 967. The highest BCUT2D eigenvalue weighted by molar-refractivity contribution is 6.17. The smallest absolute Gasteiger partial charge is 0.416 e. The summed E-state index contributed by atoms with van der Waals surface area (Å²) >= 11 is 0. The molecule has 0 aliphatic carbocycles. The monoisotopic (exact) mass is 485 g/mol. The van der Waals surface area contributed by atoms with Gasteiger partial charge < -0.3 is 10.5 Å². The van der Waals surface area contributed by atoms with Gasteiger partial charge in [-0.05, 0) is 36.3 Å². The summed E-state index contributed by atoms with van der Waals surface area (Å²) in [4.78, 5) is 8.23. The van der Waals surface area contributed by atoms with Crippen LogP contribution in [0.1, 0.15) is 69.7 Å². The molecule has 1 aromatic heterocycles. The van der Waals surface area contributed by atoms with Crippen molar-refractivity contribution in [1.29, 1.82) is 0 Å². The lowest BCUT2D eigenvalue weighted by atomic mass is 9.96. The summed E-state index contributed by atoms with van der Waals surface area (Å²) in [6, 6.07) is 3.94. The van der Waals surface area contributed by atoms with Crippen LogP contribution >= 0.6 is 0 Å². The highest BCUT2D eigenvalue weighted by Crippen LogP contribution is 2.35. The molecule has 1 aromatic carbocycles. The van der Waals surface area contributed by atoms with Crippen LogP contribution in [0.3, 0.4) is 0 Å². The molecular formula is C25H32F5N3O. The van der Waals surface area contributed by atoms with Crippen LogP contribution in [0.2, 0.25) is 0 Å². The zero-order valence-electron chi connectivity index (χ0n) is 20.1. The van der Waals surface area contributed by atoms with E-state index >= 15 is 0 Å². The summed E-state index contributed by atoms with van der Waals surface area (Å²) in [6.07, 6.45) is 2.49. The minimum Gasteiger partial charge on any atom is -0.434 e.